The number of thioether (sulfide) groups is 1. The number of benzene rings is 3. The highest BCUT2D eigenvalue weighted by atomic mass is 35.5. The van der Waals surface area contributed by atoms with Crippen LogP contribution in [-0.4, -0.2) is 60.0 Å². The molecule has 1 heterocycles. The van der Waals surface area contributed by atoms with Crippen molar-refractivity contribution in [2.45, 2.75) is 17.5 Å². The molecule has 178 valence electrons. The first-order chi connectivity index (χ1) is 16.4. The van der Waals surface area contributed by atoms with Crippen LogP contribution < -0.4 is 5.32 Å². The Morgan fingerprint density at radius 3 is 2.65 bits per heavy atom. The zero-order chi connectivity index (χ0) is 24.1. The first kappa shape index (κ1) is 24.8. The minimum absolute atomic E-state index is 0.0588. The molecule has 1 aliphatic heterocycles. The second-order valence-electron chi connectivity index (χ2n) is 8.10. The highest BCUT2D eigenvalue weighted by Gasteiger charge is 2.21. The quantitative estimate of drug-likeness (QED) is 0.410. The number of fused-ring (bicyclic) bond motifs is 1. The van der Waals surface area contributed by atoms with E-state index in [1.807, 2.05) is 30.3 Å². The number of halogens is 2. The number of amides is 1. The van der Waals surface area contributed by atoms with Crippen LogP contribution in [0.25, 0.3) is 10.8 Å². The molecule has 1 saturated heterocycles. The normalized spacial score (nSPS) is 16.5. The molecular formula is C25H24Cl2N2O4S. The molecule has 0 spiro atoms. The Morgan fingerprint density at radius 2 is 1.85 bits per heavy atom. The van der Waals surface area contributed by atoms with Gasteiger partial charge in [-0.1, -0.05) is 41.4 Å². The van der Waals surface area contributed by atoms with Crippen LogP contribution in [0.2, 0.25) is 10.0 Å². The molecule has 34 heavy (non-hydrogen) atoms. The molecule has 1 amide bonds. The molecule has 4 rings (SSSR count). The van der Waals surface area contributed by atoms with E-state index in [0.29, 0.717) is 28.9 Å². The Bertz CT molecular complexity index is 1210. The summed E-state index contributed by atoms with van der Waals surface area (Å²) in [4.78, 5) is 26.7. The average molecular weight is 519 g/mol. The lowest BCUT2D eigenvalue weighted by Gasteiger charge is -2.33. The lowest BCUT2D eigenvalue weighted by atomic mass is 10.1. The summed E-state index contributed by atoms with van der Waals surface area (Å²) in [7, 11) is 0. The summed E-state index contributed by atoms with van der Waals surface area (Å²) in [6.45, 7) is 3.34. The molecule has 0 radical (unpaired) electrons. The topological polar surface area (TPSA) is 78.9 Å². The fourth-order valence-corrected chi connectivity index (χ4v) is 4.91. The third-order valence-electron chi connectivity index (χ3n) is 5.57. The summed E-state index contributed by atoms with van der Waals surface area (Å²) >= 11 is 13.6. The van der Waals surface area contributed by atoms with Gasteiger partial charge < -0.3 is 15.2 Å². The molecule has 3 aromatic carbocycles. The number of rotatable bonds is 8. The van der Waals surface area contributed by atoms with Crippen molar-refractivity contribution in [3.63, 3.8) is 0 Å². The molecular weight excluding hydrogens is 495 g/mol. The van der Waals surface area contributed by atoms with E-state index in [1.54, 1.807) is 24.3 Å². The monoisotopic (exact) mass is 518 g/mol. The highest BCUT2D eigenvalue weighted by Crippen LogP contribution is 2.25. The molecule has 6 nitrogen and oxygen atoms in total. The molecule has 1 atom stereocenters. The van der Waals surface area contributed by atoms with Crippen molar-refractivity contribution in [1.29, 1.82) is 0 Å². The number of carbonyl (C=O) groups is 2. The number of ether oxygens (including phenoxy) is 1. The van der Waals surface area contributed by atoms with E-state index in [4.69, 9.17) is 33.0 Å². The third kappa shape index (κ3) is 6.64. The van der Waals surface area contributed by atoms with Crippen LogP contribution in [0.1, 0.15) is 15.9 Å². The van der Waals surface area contributed by atoms with E-state index >= 15 is 0 Å². The van der Waals surface area contributed by atoms with Crippen LogP contribution >= 0.6 is 35.0 Å². The lowest BCUT2D eigenvalue weighted by Crippen LogP contribution is -2.47. The number of morpholine rings is 1. The van der Waals surface area contributed by atoms with Gasteiger partial charge in [-0.05, 0) is 52.7 Å². The van der Waals surface area contributed by atoms with Gasteiger partial charge >= 0.3 is 5.97 Å². The van der Waals surface area contributed by atoms with Gasteiger partial charge in [0, 0.05) is 31.1 Å². The number of aromatic carboxylic acids is 1. The van der Waals surface area contributed by atoms with Crippen LogP contribution in [0.4, 0.5) is 0 Å². The summed E-state index contributed by atoms with van der Waals surface area (Å²) in [6.07, 6.45) is -0.0745. The van der Waals surface area contributed by atoms with Gasteiger partial charge in [0.1, 0.15) is 0 Å². The maximum absolute atomic E-state index is 12.4. The van der Waals surface area contributed by atoms with Gasteiger partial charge in [-0.25, -0.2) is 4.79 Å². The first-order valence-electron chi connectivity index (χ1n) is 10.8. The van der Waals surface area contributed by atoms with Gasteiger partial charge in [-0.15, -0.1) is 11.8 Å². The standard InChI is InChI=1S/C25H24Cl2N2O4S/c26-22-6-1-16(9-23(22)27)13-29-7-8-33-20(14-29)12-28-24(30)15-34-21-5-4-17-10-19(25(31)32)3-2-18(17)11-21/h1-6,9-11,20H,7-8,12-15H2,(H,28,30)(H,31,32)/t20-/m0/s1. The maximum Gasteiger partial charge on any atom is 0.335 e. The predicted octanol–water partition coefficient (Wildman–Crippen LogP) is 4.95. The van der Waals surface area contributed by atoms with E-state index in [-0.39, 0.29) is 17.6 Å². The summed E-state index contributed by atoms with van der Waals surface area (Å²) in [6, 6.07) is 16.4. The first-order valence-corrected chi connectivity index (χ1v) is 12.6. The highest BCUT2D eigenvalue weighted by molar-refractivity contribution is 8.00. The van der Waals surface area contributed by atoms with Gasteiger partial charge in [0.15, 0.2) is 0 Å². The molecule has 0 bridgehead atoms. The number of hydrogen-bond acceptors (Lipinski definition) is 5. The number of nitrogens with one attached hydrogen (secondary N) is 1. The minimum atomic E-state index is -0.948. The van der Waals surface area contributed by atoms with Crippen LogP contribution in [-0.2, 0) is 16.1 Å². The van der Waals surface area contributed by atoms with Gasteiger partial charge in [-0.3, -0.25) is 9.69 Å². The average Bonchev–Trinajstić information content (AvgIpc) is 2.83. The van der Waals surface area contributed by atoms with Gasteiger partial charge in [0.2, 0.25) is 5.91 Å². The summed E-state index contributed by atoms with van der Waals surface area (Å²) < 4.78 is 5.82. The van der Waals surface area contributed by atoms with Crippen LogP contribution in [0.5, 0.6) is 0 Å². The largest absolute Gasteiger partial charge is 0.478 e. The Hall–Kier alpha value is -2.29. The lowest BCUT2D eigenvalue weighted by molar-refractivity contribution is -0.119. The molecule has 0 aromatic heterocycles. The molecule has 0 saturated carbocycles. The van der Waals surface area contributed by atoms with Gasteiger partial charge in [0.25, 0.3) is 0 Å². The van der Waals surface area contributed by atoms with Crippen LogP contribution in [0.3, 0.4) is 0 Å². The summed E-state index contributed by atoms with van der Waals surface area (Å²) in [5.74, 6) is -0.716. The number of carbonyl (C=O) groups excluding carboxylic acids is 1. The predicted molar refractivity (Wildman–Crippen MR) is 136 cm³/mol. The second kappa shape index (κ2) is 11.4. The number of hydrogen-bond donors (Lipinski definition) is 2. The van der Waals surface area contributed by atoms with E-state index in [1.165, 1.54) is 11.8 Å². The molecule has 1 aliphatic rings. The van der Waals surface area contributed by atoms with E-state index in [2.05, 4.69) is 10.2 Å². The van der Waals surface area contributed by atoms with Gasteiger partial charge in [0.05, 0.1) is 34.1 Å². The van der Waals surface area contributed by atoms with Crippen molar-refractivity contribution in [3.05, 3.63) is 75.8 Å². The zero-order valence-electron chi connectivity index (χ0n) is 18.3. The summed E-state index contributed by atoms with van der Waals surface area (Å²) in [5.41, 5.74) is 1.35. The number of nitrogens with zero attached hydrogens (tertiary/aromatic N) is 1. The van der Waals surface area contributed by atoms with E-state index in [0.717, 1.165) is 40.9 Å². The van der Waals surface area contributed by atoms with Crippen molar-refractivity contribution in [1.82, 2.24) is 10.2 Å². The Morgan fingerprint density at radius 1 is 1.06 bits per heavy atom. The fraction of sp³-hybridized carbons (Fsp3) is 0.280. The van der Waals surface area contributed by atoms with E-state index in [9.17, 15) is 9.59 Å². The minimum Gasteiger partial charge on any atom is -0.478 e. The van der Waals surface area contributed by atoms with E-state index < -0.39 is 5.97 Å². The fourth-order valence-electron chi connectivity index (χ4n) is 3.82. The molecule has 1 fully saturated rings. The Kier molecular flexibility index (Phi) is 8.34. The zero-order valence-corrected chi connectivity index (χ0v) is 20.6. The molecule has 0 unspecified atom stereocenters. The maximum atomic E-state index is 12.4. The van der Waals surface area contributed by atoms with Crippen molar-refractivity contribution in [2.75, 3.05) is 32.0 Å². The Balaban J connectivity index is 1.23. The SMILES string of the molecule is O=C(CSc1ccc2cc(C(=O)O)ccc2c1)NC[C@H]1CN(Cc2ccc(Cl)c(Cl)c2)CCO1. The van der Waals surface area contributed by atoms with Crippen LogP contribution in [0, 0.1) is 0 Å². The number of carboxylic acid groups (broad SMARTS) is 1. The second-order valence-corrected chi connectivity index (χ2v) is 9.96. The molecule has 9 heteroatoms. The van der Waals surface area contributed by atoms with Gasteiger partial charge in [-0.2, -0.15) is 0 Å². The Labute approximate surface area is 212 Å². The third-order valence-corrected chi connectivity index (χ3v) is 7.30. The van der Waals surface area contributed by atoms with Crippen molar-refractivity contribution in [2.24, 2.45) is 0 Å². The molecule has 0 aliphatic carbocycles. The molecule has 2 N–H and O–H groups in total. The smallest absolute Gasteiger partial charge is 0.335 e. The number of carboxylic acids is 1. The summed E-state index contributed by atoms with van der Waals surface area (Å²) in [5, 5.41) is 15.0. The van der Waals surface area contributed by atoms with Crippen molar-refractivity contribution in [3.8, 4) is 0 Å². The molecule has 3 aromatic rings. The van der Waals surface area contributed by atoms with Crippen molar-refractivity contribution < 1.29 is 19.4 Å². The van der Waals surface area contributed by atoms with Crippen LogP contribution in [0.15, 0.2) is 59.5 Å². The van der Waals surface area contributed by atoms with Crippen molar-refractivity contribution >= 4 is 57.6 Å².